The van der Waals surface area contributed by atoms with Gasteiger partial charge in [0.15, 0.2) is 0 Å². The molecule has 0 saturated carbocycles. The number of piperazine rings is 1. The van der Waals surface area contributed by atoms with E-state index in [0.717, 1.165) is 22.0 Å². The molecular weight excluding hydrogens is 505 g/mol. The summed E-state index contributed by atoms with van der Waals surface area (Å²) in [5, 5.41) is 0. The molecule has 1 saturated heterocycles. The summed E-state index contributed by atoms with van der Waals surface area (Å²) in [6.07, 6.45) is 0. The smallest absolute Gasteiger partial charge is 0.264 e. The largest absolute Gasteiger partial charge is 0.338 e. The molecule has 3 aromatic rings. The second kappa shape index (κ2) is 10.4. The molecule has 11 heteroatoms. The molecule has 1 aliphatic heterocycles. The number of rotatable bonds is 7. The Kier molecular flexibility index (Phi) is 7.43. The molecule has 0 N–H and O–H groups in total. The SMILES string of the molecule is Cc1ccc(S(=O)(=O)N2CCN(C(=O)CN(c3ccc(F)cc3)S(=O)(=O)c3ccccc3)CC2)cc1. The Balaban J connectivity index is 1.51. The Morgan fingerprint density at radius 1 is 0.806 bits per heavy atom. The summed E-state index contributed by atoms with van der Waals surface area (Å²) in [5.41, 5.74) is 1.09. The Hall–Kier alpha value is -3.28. The first-order valence-electron chi connectivity index (χ1n) is 11.3. The topological polar surface area (TPSA) is 95.1 Å². The van der Waals surface area contributed by atoms with E-state index >= 15 is 0 Å². The zero-order chi connectivity index (χ0) is 25.9. The number of hydrogen-bond donors (Lipinski definition) is 0. The minimum Gasteiger partial charge on any atom is -0.338 e. The summed E-state index contributed by atoms with van der Waals surface area (Å²) in [4.78, 5) is 14.8. The van der Waals surface area contributed by atoms with Gasteiger partial charge in [0.1, 0.15) is 12.4 Å². The van der Waals surface area contributed by atoms with Gasteiger partial charge in [0.2, 0.25) is 15.9 Å². The van der Waals surface area contributed by atoms with E-state index in [1.807, 2.05) is 6.92 Å². The molecule has 1 aliphatic rings. The molecule has 1 fully saturated rings. The van der Waals surface area contributed by atoms with Crippen molar-refractivity contribution in [3.8, 4) is 0 Å². The van der Waals surface area contributed by atoms with Gasteiger partial charge in [-0.05, 0) is 55.5 Å². The number of hydrogen-bond acceptors (Lipinski definition) is 5. The molecule has 190 valence electrons. The van der Waals surface area contributed by atoms with Crippen molar-refractivity contribution in [2.45, 2.75) is 16.7 Å². The average molecular weight is 532 g/mol. The molecule has 0 bridgehead atoms. The molecule has 4 rings (SSSR count). The third kappa shape index (κ3) is 5.43. The van der Waals surface area contributed by atoms with Crippen LogP contribution < -0.4 is 4.31 Å². The number of aryl methyl sites for hydroxylation is 1. The van der Waals surface area contributed by atoms with Crippen LogP contribution in [-0.4, -0.2) is 64.7 Å². The summed E-state index contributed by atoms with van der Waals surface area (Å²) < 4.78 is 68.4. The molecular formula is C25H26FN3O5S2. The lowest BCUT2D eigenvalue weighted by Crippen LogP contribution is -2.53. The Morgan fingerprint density at radius 2 is 1.39 bits per heavy atom. The summed E-state index contributed by atoms with van der Waals surface area (Å²) in [7, 11) is -7.82. The lowest BCUT2D eigenvalue weighted by Gasteiger charge is -2.35. The van der Waals surface area contributed by atoms with Gasteiger partial charge in [0.25, 0.3) is 10.0 Å². The molecule has 0 aliphatic carbocycles. The molecule has 8 nitrogen and oxygen atoms in total. The van der Waals surface area contributed by atoms with Crippen LogP contribution in [0.2, 0.25) is 0 Å². The van der Waals surface area contributed by atoms with Crippen LogP contribution in [0.3, 0.4) is 0 Å². The lowest BCUT2D eigenvalue weighted by molar-refractivity contribution is -0.130. The quantitative estimate of drug-likeness (QED) is 0.467. The van der Waals surface area contributed by atoms with Gasteiger partial charge in [-0.25, -0.2) is 21.2 Å². The van der Waals surface area contributed by atoms with Crippen LogP contribution in [0.25, 0.3) is 0 Å². The third-order valence-corrected chi connectivity index (χ3v) is 9.68. The monoisotopic (exact) mass is 531 g/mol. The standard InChI is InChI=1S/C25H26FN3O5S2/c1-20-7-13-24(14-8-20)35(31,32)28-17-15-27(16-18-28)25(30)19-29(22-11-9-21(26)10-12-22)36(33,34)23-5-3-2-4-6-23/h2-14H,15-19H2,1H3. The highest BCUT2D eigenvalue weighted by atomic mass is 32.2. The zero-order valence-electron chi connectivity index (χ0n) is 19.6. The third-order valence-electron chi connectivity index (χ3n) is 5.97. The molecule has 1 heterocycles. The molecule has 0 unspecified atom stereocenters. The van der Waals surface area contributed by atoms with Crippen LogP contribution in [0.1, 0.15) is 5.56 Å². The number of benzene rings is 3. The minimum atomic E-state index is -4.12. The fraction of sp³-hybridized carbons (Fsp3) is 0.240. The van der Waals surface area contributed by atoms with E-state index in [9.17, 15) is 26.0 Å². The molecule has 0 radical (unpaired) electrons. The summed E-state index contributed by atoms with van der Waals surface area (Å²) in [6, 6.07) is 19.1. The lowest BCUT2D eigenvalue weighted by atomic mass is 10.2. The van der Waals surface area contributed by atoms with Crippen molar-refractivity contribution < 1.29 is 26.0 Å². The van der Waals surface area contributed by atoms with Gasteiger partial charge in [0.05, 0.1) is 15.5 Å². The molecule has 3 aromatic carbocycles. The van der Waals surface area contributed by atoms with Gasteiger partial charge >= 0.3 is 0 Å². The first-order chi connectivity index (χ1) is 17.1. The van der Waals surface area contributed by atoms with Crippen LogP contribution in [0.15, 0.2) is 88.7 Å². The van der Waals surface area contributed by atoms with Crippen molar-refractivity contribution in [2.75, 3.05) is 37.0 Å². The van der Waals surface area contributed by atoms with E-state index in [-0.39, 0.29) is 41.7 Å². The maximum Gasteiger partial charge on any atom is 0.264 e. The van der Waals surface area contributed by atoms with Crippen molar-refractivity contribution >= 4 is 31.6 Å². The first kappa shape index (κ1) is 25.8. The van der Waals surface area contributed by atoms with Gasteiger partial charge in [0, 0.05) is 26.2 Å². The number of sulfonamides is 2. The van der Waals surface area contributed by atoms with Crippen LogP contribution in [0.5, 0.6) is 0 Å². The predicted molar refractivity (Wildman–Crippen MR) is 134 cm³/mol. The minimum absolute atomic E-state index is 0.00358. The van der Waals surface area contributed by atoms with E-state index in [1.54, 1.807) is 42.5 Å². The van der Waals surface area contributed by atoms with Crippen molar-refractivity contribution in [1.29, 1.82) is 0 Å². The van der Waals surface area contributed by atoms with Gasteiger partial charge < -0.3 is 4.90 Å². The number of amides is 1. The summed E-state index contributed by atoms with van der Waals surface area (Å²) >= 11 is 0. The molecule has 0 aromatic heterocycles. The average Bonchev–Trinajstić information content (AvgIpc) is 2.88. The van der Waals surface area contributed by atoms with Crippen LogP contribution in [-0.2, 0) is 24.8 Å². The zero-order valence-corrected chi connectivity index (χ0v) is 21.3. The summed E-state index contributed by atoms with van der Waals surface area (Å²) in [6.45, 7) is 1.77. The van der Waals surface area contributed by atoms with Crippen LogP contribution in [0.4, 0.5) is 10.1 Å². The van der Waals surface area contributed by atoms with Crippen molar-refractivity contribution in [3.63, 3.8) is 0 Å². The fourth-order valence-electron chi connectivity index (χ4n) is 3.90. The second-order valence-electron chi connectivity index (χ2n) is 8.40. The number of nitrogens with zero attached hydrogens (tertiary/aromatic N) is 3. The van der Waals surface area contributed by atoms with Crippen molar-refractivity contribution in [3.05, 3.63) is 90.2 Å². The number of halogens is 1. The number of carbonyl (C=O) groups excluding carboxylic acids is 1. The molecule has 0 spiro atoms. The molecule has 36 heavy (non-hydrogen) atoms. The van der Waals surface area contributed by atoms with Gasteiger partial charge in [-0.15, -0.1) is 0 Å². The second-order valence-corrected chi connectivity index (χ2v) is 12.2. The first-order valence-corrected chi connectivity index (χ1v) is 14.1. The van der Waals surface area contributed by atoms with E-state index in [4.69, 9.17) is 0 Å². The summed E-state index contributed by atoms with van der Waals surface area (Å²) in [5.74, 6) is -1.01. The number of carbonyl (C=O) groups is 1. The Bertz CT molecular complexity index is 1420. The maximum atomic E-state index is 13.5. The van der Waals surface area contributed by atoms with Crippen molar-refractivity contribution in [1.82, 2.24) is 9.21 Å². The normalized spacial score (nSPS) is 15.0. The molecule has 1 amide bonds. The highest BCUT2D eigenvalue weighted by Crippen LogP contribution is 2.25. The van der Waals surface area contributed by atoms with Gasteiger partial charge in [-0.1, -0.05) is 35.9 Å². The highest BCUT2D eigenvalue weighted by molar-refractivity contribution is 7.92. The van der Waals surface area contributed by atoms with Gasteiger partial charge in [-0.3, -0.25) is 9.10 Å². The predicted octanol–water partition coefficient (Wildman–Crippen LogP) is 2.86. The Morgan fingerprint density at radius 3 is 1.97 bits per heavy atom. The Labute approximate surface area is 210 Å². The fourth-order valence-corrected chi connectivity index (χ4v) is 6.76. The number of anilines is 1. The van der Waals surface area contributed by atoms with Crippen molar-refractivity contribution in [2.24, 2.45) is 0 Å². The van der Waals surface area contributed by atoms with Crippen LogP contribution in [0, 0.1) is 12.7 Å². The van der Waals surface area contributed by atoms with E-state index in [1.165, 1.54) is 33.5 Å². The molecule has 0 atom stereocenters. The van der Waals surface area contributed by atoms with E-state index in [2.05, 4.69) is 0 Å². The van der Waals surface area contributed by atoms with Gasteiger partial charge in [-0.2, -0.15) is 4.31 Å². The van der Waals surface area contributed by atoms with Crippen LogP contribution >= 0.6 is 0 Å². The van der Waals surface area contributed by atoms with E-state index < -0.39 is 38.3 Å². The highest BCUT2D eigenvalue weighted by Gasteiger charge is 2.33. The van der Waals surface area contributed by atoms with E-state index in [0.29, 0.717) is 0 Å². The maximum absolute atomic E-state index is 13.5.